The molecule has 0 spiro atoms. The molecule has 1 aliphatic rings. The van der Waals surface area contributed by atoms with Crippen molar-refractivity contribution in [3.63, 3.8) is 0 Å². The van der Waals surface area contributed by atoms with E-state index in [1.165, 1.54) is 0 Å². The SMILES string of the molecule is CCN1CCN(C(COC)C(=O)NN)CC1. The van der Waals surface area contributed by atoms with E-state index >= 15 is 0 Å². The molecule has 0 saturated carbocycles. The number of amides is 1. The van der Waals surface area contributed by atoms with E-state index in [4.69, 9.17) is 10.6 Å². The Kier molecular flexibility index (Phi) is 5.68. The highest BCUT2D eigenvalue weighted by Crippen LogP contribution is 2.06. The number of carbonyl (C=O) groups is 1. The molecule has 94 valence electrons. The Hall–Kier alpha value is -0.690. The van der Waals surface area contributed by atoms with Crippen molar-refractivity contribution in [2.45, 2.75) is 13.0 Å². The molecule has 0 aliphatic carbocycles. The standard InChI is InChI=1S/C10H22N4O2/c1-3-13-4-6-14(7-5-13)9(8-16-2)10(15)12-11/h9H,3-8,11H2,1-2H3,(H,12,15). The van der Waals surface area contributed by atoms with Gasteiger partial charge >= 0.3 is 0 Å². The van der Waals surface area contributed by atoms with Crippen LogP contribution in [0.5, 0.6) is 0 Å². The lowest BCUT2D eigenvalue weighted by molar-refractivity contribution is -0.129. The molecule has 1 saturated heterocycles. The van der Waals surface area contributed by atoms with Gasteiger partial charge in [0, 0.05) is 33.3 Å². The van der Waals surface area contributed by atoms with Crippen LogP contribution < -0.4 is 11.3 Å². The zero-order valence-electron chi connectivity index (χ0n) is 10.1. The quantitative estimate of drug-likeness (QED) is 0.346. The largest absolute Gasteiger partial charge is 0.383 e. The van der Waals surface area contributed by atoms with Gasteiger partial charge in [-0.25, -0.2) is 5.84 Å². The van der Waals surface area contributed by atoms with E-state index < -0.39 is 0 Å². The average molecular weight is 230 g/mol. The zero-order valence-corrected chi connectivity index (χ0v) is 10.1. The average Bonchev–Trinajstić information content (AvgIpc) is 2.35. The molecular weight excluding hydrogens is 208 g/mol. The second-order valence-electron chi connectivity index (χ2n) is 3.95. The van der Waals surface area contributed by atoms with E-state index in [1.807, 2.05) is 0 Å². The number of carbonyl (C=O) groups excluding carboxylic acids is 1. The lowest BCUT2D eigenvalue weighted by Gasteiger charge is -2.37. The molecule has 3 N–H and O–H groups in total. The van der Waals surface area contributed by atoms with Crippen molar-refractivity contribution in [3.8, 4) is 0 Å². The molecule has 0 aromatic heterocycles. The Labute approximate surface area is 96.7 Å². The summed E-state index contributed by atoms with van der Waals surface area (Å²) in [7, 11) is 1.60. The molecule has 1 heterocycles. The maximum Gasteiger partial charge on any atom is 0.253 e. The first-order chi connectivity index (χ1) is 7.72. The van der Waals surface area contributed by atoms with E-state index in [9.17, 15) is 4.79 Å². The molecule has 0 aromatic carbocycles. The van der Waals surface area contributed by atoms with Gasteiger partial charge in [0.25, 0.3) is 5.91 Å². The van der Waals surface area contributed by atoms with Gasteiger partial charge < -0.3 is 9.64 Å². The molecule has 1 atom stereocenters. The monoisotopic (exact) mass is 230 g/mol. The number of hydrazine groups is 1. The molecule has 1 fully saturated rings. The smallest absolute Gasteiger partial charge is 0.253 e. The number of hydrogen-bond donors (Lipinski definition) is 2. The Bertz CT molecular complexity index is 217. The van der Waals surface area contributed by atoms with E-state index in [1.54, 1.807) is 7.11 Å². The molecule has 6 nitrogen and oxygen atoms in total. The molecule has 1 amide bonds. The van der Waals surface area contributed by atoms with Crippen LogP contribution in [-0.2, 0) is 9.53 Å². The predicted molar refractivity (Wildman–Crippen MR) is 61.7 cm³/mol. The Balaban J connectivity index is 2.49. The van der Waals surface area contributed by atoms with Crippen LogP contribution in [0.4, 0.5) is 0 Å². The third kappa shape index (κ3) is 3.41. The predicted octanol–water partition coefficient (Wildman–Crippen LogP) is -1.37. The molecule has 1 unspecified atom stereocenters. The molecule has 0 bridgehead atoms. The van der Waals surface area contributed by atoms with Crippen LogP contribution in [-0.4, -0.2) is 68.2 Å². The van der Waals surface area contributed by atoms with E-state index in [2.05, 4.69) is 22.1 Å². The van der Waals surface area contributed by atoms with Crippen molar-refractivity contribution in [2.24, 2.45) is 5.84 Å². The first-order valence-corrected chi connectivity index (χ1v) is 5.68. The van der Waals surface area contributed by atoms with E-state index in [-0.39, 0.29) is 11.9 Å². The molecule has 16 heavy (non-hydrogen) atoms. The summed E-state index contributed by atoms with van der Waals surface area (Å²) in [5.41, 5.74) is 2.20. The highest BCUT2D eigenvalue weighted by molar-refractivity contribution is 5.81. The third-order valence-electron chi connectivity index (χ3n) is 3.06. The van der Waals surface area contributed by atoms with Crippen molar-refractivity contribution >= 4 is 5.91 Å². The highest BCUT2D eigenvalue weighted by Gasteiger charge is 2.28. The highest BCUT2D eigenvalue weighted by atomic mass is 16.5. The first kappa shape index (κ1) is 13.4. The minimum Gasteiger partial charge on any atom is -0.383 e. The van der Waals surface area contributed by atoms with Crippen molar-refractivity contribution in [1.29, 1.82) is 0 Å². The minimum absolute atomic E-state index is 0.174. The molecular formula is C10H22N4O2. The van der Waals surface area contributed by atoms with Gasteiger partial charge in [-0.05, 0) is 6.54 Å². The van der Waals surface area contributed by atoms with Gasteiger partial charge in [-0.1, -0.05) is 6.92 Å². The van der Waals surface area contributed by atoms with Crippen LogP contribution in [0.15, 0.2) is 0 Å². The van der Waals surface area contributed by atoms with Crippen LogP contribution in [0.3, 0.4) is 0 Å². The number of ether oxygens (including phenoxy) is 1. The number of piperazine rings is 1. The summed E-state index contributed by atoms with van der Waals surface area (Å²) in [6.45, 7) is 7.35. The summed E-state index contributed by atoms with van der Waals surface area (Å²) in [6.07, 6.45) is 0. The maximum absolute atomic E-state index is 11.6. The second-order valence-corrected chi connectivity index (χ2v) is 3.95. The summed E-state index contributed by atoms with van der Waals surface area (Å²) < 4.78 is 5.06. The summed E-state index contributed by atoms with van der Waals surface area (Å²) in [4.78, 5) is 16.1. The number of likely N-dealkylation sites (N-methyl/N-ethyl adjacent to an activating group) is 1. The van der Waals surface area contributed by atoms with Crippen LogP contribution in [0, 0.1) is 0 Å². The Morgan fingerprint density at radius 2 is 2.06 bits per heavy atom. The molecule has 1 rings (SSSR count). The fourth-order valence-corrected chi connectivity index (χ4v) is 1.99. The van der Waals surface area contributed by atoms with E-state index in [0.717, 1.165) is 32.7 Å². The Morgan fingerprint density at radius 1 is 1.44 bits per heavy atom. The van der Waals surface area contributed by atoms with Crippen LogP contribution in [0.2, 0.25) is 0 Å². The van der Waals surface area contributed by atoms with Gasteiger partial charge in [0.15, 0.2) is 0 Å². The molecule has 0 aromatic rings. The number of methoxy groups -OCH3 is 1. The van der Waals surface area contributed by atoms with Gasteiger partial charge in [0.2, 0.25) is 0 Å². The molecule has 6 heteroatoms. The van der Waals surface area contributed by atoms with Crippen LogP contribution >= 0.6 is 0 Å². The van der Waals surface area contributed by atoms with Crippen molar-refractivity contribution < 1.29 is 9.53 Å². The van der Waals surface area contributed by atoms with Crippen molar-refractivity contribution in [1.82, 2.24) is 15.2 Å². The minimum atomic E-state index is -0.269. The van der Waals surface area contributed by atoms with Crippen molar-refractivity contribution in [2.75, 3.05) is 46.4 Å². The summed E-state index contributed by atoms with van der Waals surface area (Å²) in [5, 5.41) is 0. The van der Waals surface area contributed by atoms with Gasteiger partial charge in [0.05, 0.1) is 6.61 Å². The summed E-state index contributed by atoms with van der Waals surface area (Å²) in [5.74, 6) is 5.00. The van der Waals surface area contributed by atoms with Crippen LogP contribution in [0.1, 0.15) is 6.92 Å². The fourth-order valence-electron chi connectivity index (χ4n) is 1.99. The van der Waals surface area contributed by atoms with Gasteiger partial charge in [-0.3, -0.25) is 15.1 Å². The number of rotatable bonds is 5. The lowest BCUT2D eigenvalue weighted by atomic mass is 10.2. The normalized spacial score (nSPS) is 20.7. The topological polar surface area (TPSA) is 70.8 Å². The first-order valence-electron chi connectivity index (χ1n) is 5.68. The number of hydrogen-bond acceptors (Lipinski definition) is 5. The maximum atomic E-state index is 11.6. The zero-order chi connectivity index (χ0) is 12.0. The van der Waals surface area contributed by atoms with Crippen molar-refractivity contribution in [3.05, 3.63) is 0 Å². The Morgan fingerprint density at radius 3 is 2.50 bits per heavy atom. The summed E-state index contributed by atoms with van der Waals surface area (Å²) >= 11 is 0. The fraction of sp³-hybridized carbons (Fsp3) is 0.900. The lowest BCUT2D eigenvalue weighted by Crippen LogP contribution is -2.57. The molecule has 1 aliphatic heterocycles. The van der Waals surface area contributed by atoms with E-state index in [0.29, 0.717) is 6.61 Å². The van der Waals surface area contributed by atoms with Gasteiger partial charge in [-0.2, -0.15) is 0 Å². The van der Waals surface area contributed by atoms with Gasteiger partial charge in [-0.15, -0.1) is 0 Å². The van der Waals surface area contributed by atoms with Gasteiger partial charge in [0.1, 0.15) is 6.04 Å². The number of nitrogens with one attached hydrogen (secondary N) is 1. The van der Waals surface area contributed by atoms with Crippen LogP contribution in [0.25, 0.3) is 0 Å². The number of nitrogens with two attached hydrogens (primary N) is 1. The summed E-state index contributed by atoms with van der Waals surface area (Å²) in [6, 6.07) is -0.269. The molecule has 0 radical (unpaired) electrons. The number of nitrogens with zero attached hydrogens (tertiary/aromatic N) is 2. The second kappa shape index (κ2) is 6.80. The third-order valence-corrected chi connectivity index (χ3v) is 3.06.